The second kappa shape index (κ2) is 5.82. The molecule has 7 nitrogen and oxygen atoms in total. The Bertz CT molecular complexity index is 715. The smallest absolute Gasteiger partial charge is 0.274 e. The number of rotatable bonds is 3. The van der Waals surface area contributed by atoms with Gasteiger partial charge in [-0.2, -0.15) is 5.10 Å². The van der Waals surface area contributed by atoms with Crippen LogP contribution in [0.1, 0.15) is 33.3 Å². The molecule has 0 atom stereocenters. The zero-order valence-corrected chi connectivity index (χ0v) is 13.2. The van der Waals surface area contributed by atoms with Gasteiger partial charge in [0.1, 0.15) is 11.5 Å². The van der Waals surface area contributed by atoms with Crippen molar-refractivity contribution < 1.29 is 13.9 Å². The molecule has 7 heteroatoms. The molecule has 4 rings (SSSR count). The van der Waals surface area contributed by atoms with Gasteiger partial charge in [0.15, 0.2) is 5.69 Å². The maximum absolute atomic E-state index is 12.6. The first-order chi connectivity index (χ1) is 11.2. The van der Waals surface area contributed by atoms with Crippen LogP contribution in [0.3, 0.4) is 0 Å². The number of aromatic amines is 1. The number of aromatic nitrogens is 2. The maximum Gasteiger partial charge on any atom is 0.274 e. The third kappa shape index (κ3) is 2.77. The predicted octanol–water partition coefficient (Wildman–Crippen LogP) is 1.30. The Morgan fingerprint density at radius 2 is 2.13 bits per heavy atom. The summed E-state index contributed by atoms with van der Waals surface area (Å²) in [6.45, 7) is 6.63. The fraction of sp³-hybridized carbons (Fsp3) is 0.500. The van der Waals surface area contributed by atoms with Gasteiger partial charge in [0.25, 0.3) is 5.91 Å². The first-order valence-electron chi connectivity index (χ1n) is 7.91. The zero-order chi connectivity index (χ0) is 15.8. The molecule has 0 saturated carbocycles. The first-order valence-corrected chi connectivity index (χ1v) is 7.91. The lowest BCUT2D eigenvalue weighted by atomic mass is 10.2. The third-order valence-electron chi connectivity index (χ3n) is 4.39. The van der Waals surface area contributed by atoms with E-state index in [1.54, 1.807) is 0 Å². The third-order valence-corrected chi connectivity index (χ3v) is 4.39. The molecule has 0 aliphatic carbocycles. The van der Waals surface area contributed by atoms with Crippen molar-refractivity contribution in [1.82, 2.24) is 20.0 Å². The molecule has 0 unspecified atom stereocenters. The van der Waals surface area contributed by atoms with Gasteiger partial charge in [-0.05, 0) is 19.1 Å². The summed E-state index contributed by atoms with van der Waals surface area (Å²) in [6.07, 6.45) is 0. The van der Waals surface area contributed by atoms with Gasteiger partial charge in [0.2, 0.25) is 0 Å². The molecule has 1 fully saturated rings. The van der Waals surface area contributed by atoms with Crippen molar-refractivity contribution in [3.8, 4) is 0 Å². The Balaban J connectivity index is 1.47. The highest BCUT2D eigenvalue weighted by molar-refractivity contribution is 5.94. The molecule has 1 amide bonds. The summed E-state index contributed by atoms with van der Waals surface area (Å²) >= 11 is 0. The summed E-state index contributed by atoms with van der Waals surface area (Å²) in [4.78, 5) is 16.7. The number of aryl methyl sites for hydroxylation is 1. The van der Waals surface area contributed by atoms with Crippen molar-refractivity contribution in [3.63, 3.8) is 0 Å². The molecule has 0 radical (unpaired) electrons. The van der Waals surface area contributed by atoms with Crippen molar-refractivity contribution in [2.75, 3.05) is 26.3 Å². The predicted molar refractivity (Wildman–Crippen MR) is 81.7 cm³/mol. The number of carbonyl (C=O) groups is 1. The Labute approximate surface area is 134 Å². The number of fused-ring (bicyclic) bond motifs is 1. The summed E-state index contributed by atoms with van der Waals surface area (Å²) in [5.41, 5.74) is 2.61. The van der Waals surface area contributed by atoms with E-state index in [-0.39, 0.29) is 5.91 Å². The van der Waals surface area contributed by atoms with E-state index in [1.807, 2.05) is 24.0 Å². The van der Waals surface area contributed by atoms with E-state index >= 15 is 0 Å². The molecule has 2 aromatic rings. The summed E-state index contributed by atoms with van der Waals surface area (Å²) in [6, 6.07) is 3.97. The number of H-pyrrole nitrogens is 1. The van der Waals surface area contributed by atoms with E-state index in [9.17, 15) is 4.79 Å². The highest BCUT2D eigenvalue weighted by Crippen LogP contribution is 2.26. The number of furan rings is 1. The van der Waals surface area contributed by atoms with Crippen molar-refractivity contribution in [2.24, 2.45) is 0 Å². The zero-order valence-electron chi connectivity index (χ0n) is 13.2. The van der Waals surface area contributed by atoms with Crippen molar-refractivity contribution in [1.29, 1.82) is 0 Å². The number of hydrogen-bond acceptors (Lipinski definition) is 5. The number of nitrogens with one attached hydrogen (secondary N) is 1. The minimum atomic E-state index is 0.00138. The SMILES string of the molecule is Cc1ccc(CN2Cc3[nH]nc(C(=O)N4CCOCC4)c3C2)o1. The number of carbonyl (C=O) groups excluding carboxylic acids is 1. The van der Waals surface area contributed by atoms with Crippen LogP contribution in [-0.2, 0) is 24.4 Å². The average molecular weight is 316 g/mol. The minimum Gasteiger partial charge on any atom is -0.465 e. The minimum absolute atomic E-state index is 0.00138. The Hall–Kier alpha value is -2.12. The highest BCUT2D eigenvalue weighted by atomic mass is 16.5. The van der Waals surface area contributed by atoms with Crippen LogP contribution in [0.15, 0.2) is 16.5 Å². The molecule has 1 N–H and O–H groups in total. The molecule has 122 valence electrons. The van der Waals surface area contributed by atoms with Gasteiger partial charge in [-0.15, -0.1) is 0 Å². The average Bonchev–Trinajstić information content (AvgIpc) is 3.24. The molecule has 4 heterocycles. The molecule has 23 heavy (non-hydrogen) atoms. The topological polar surface area (TPSA) is 74.6 Å². The number of hydrogen-bond donors (Lipinski definition) is 1. The van der Waals surface area contributed by atoms with E-state index in [0.717, 1.165) is 42.4 Å². The Morgan fingerprint density at radius 1 is 1.30 bits per heavy atom. The highest BCUT2D eigenvalue weighted by Gasteiger charge is 2.30. The van der Waals surface area contributed by atoms with Gasteiger partial charge in [-0.3, -0.25) is 14.8 Å². The fourth-order valence-electron chi connectivity index (χ4n) is 3.20. The molecule has 2 aliphatic rings. The van der Waals surface area contributed by atoms with Crippen LogP contribution in [0.4, 0.5) is 0 Å². The van der Waals surface area contributed by atoms with Crippen LogP contribution in [0.25, 0.3) is 0 Å². The second-order valence-corrected chi connectivity index (χ2v) is 6.09. The molecular weight excluding hydrogens is 296 g/mol. The van der Waals surface area contributed by atoms with Crippen LogP contribution in [0.2, 0.25) is 0 Å². The largest absolute Gasteiger partial charge is 0.465 e. The molecule has 0 spiro atoms. The Kier molecular flexibility index (Phi) is 3.66. The van der Waals surface area contributed by atoms with Gasteiger partial charge in [-0.25, -0.2) is 0 Å². The van der Waals surface area contributed by atoms with E-state index in [4.69, 9.17) is 9.15 Å². The summed E-state index contributed by atoms with van der Waals surface area (Å²) < 4.78 is 10.9. The Morgan fingerprint density at radius 3 is 2.87 bits per heavy atom. The van der Waals surface area contributed by atoms with Gasteiger partial charge in [0.05, 0.1) is 25.5 Å². The lowest BCUT2D eigenvalue weighted by Crippen LogP contribution is -2.41. The van der Waals surface area contributed by atoms with Gasteiger partial charge in [0, 0.05) is 31.7 Å². The molecule has 0 aromatic carbocycles. The standard InChI is InChI=1S/C16H20N4O3/c1-11-2-3-12(23-11)8-19-9-13-14(10-19)17-18-15(13)16(21)20-4-6-22-7-5-20/h2-3H,4-10H2,1H3,(H,17,18). The monoisotopic (exact) mass is 316 g/mol. The van der Waals surface area contributed by atoms with E-state index in [0.29, 0.717) is 32.0 Å². The number of ether oxygens (including phenoxy) is 1. The first kappa shape index (κ1) is 14.5. The van der Waals surface area contributed by atoms with Crippen LogP contribution in [0.5, 0.6) is 0 Å². The van der Waals surface area contributed by atoms with Crippen molar-refractivity contribution in [2.45, 2.75) is 26.6 Å². The number of amides is 1. The number of morpholine rings is 1. The second-order valence-electron chi connectivity index (χ2n) is 6.09. The van der Waals surface area contributed by atoms with Crippen molar-refractivity contribution >= 4 is 5.91 Å². The summed E-state index contributed by atoms with van der Waals surface area (Å²) in [5, 5.41) is 7.28. The van der Waals surface area contributed by atoms with E-state index in [1.165, 1.54) is 0 Å². The van der Waals surface area contributed by atoms with Crippen LogP contribution >= 0.6 is 0 Å². The van der Waals surface area contributed by atoms with Gasteiger partial charge in [-0.1, -0.05) is 0 Å². The summed E-state index contributed by atoms with van der Waals surface area (Å²) in [5.74, 6) is 1.87. The lowest BCUT2D eigenvalue weighted by Gasteiger charge is -2.26. The summed E-state index contributed by atoms with van der Waals surface area (Å²) in [7, 11) is 0. The molecule has 2 aromatic heterocycles. The molecule has 2 aliphatic heterocycles. The van der Waals surface area contributed by atoms with E-state index < -0.39 is 0 Å². The fourth-order valence-corrected chi connectivity index (χ4v) is 3.20. The quantitative estimate of drug-likeness (QED) is 0.924. The molecule has 0 bridgehead atoms. The maximum atomic E-state index is 12.6. The van der Waals surface area contributed by atoms with E-state index in [2.05, 4.69) is 15.1 Å². The normalized spacial score (nSPS) is 18.4. The number of nitrogens with zero attached hydrogens (tertiary/aromatic N) is 3. The molecular formula is C16H20N4O3. The van der Waals surface area contributed by atoms with Gasteiger partial charge < -0.3 is 14.1 Å². The van der Waals surface area contributed by atoms with Crippen LogP contribution in [0, 0.1) is 6.92 Å². The van der Waals surface area contributed by atoms with Crippen molar-refractivity contribution in [3.05, 3.63) is 40.6 Å². The van der Waals surface area contributed by atoms with Crippen LogP contribution < -0.4 is 0 Å². The van der Waals surface area contributed by atoms with Gasteiger partial charge >= 0.3 is 0 Å². The van der Waals surface area contributed by atoms with Crippen LogP contribution in [-0.4, -0.2) is 52.2 Å². The lowest BCUT2D eigenvalue weighted by molar-refractivity contribution is 0.0298. The molecule has 1 saturated heterocycles.